The van der Waals surface area contributed by atoms with Gasteiger partial charge >= 0.3 is 0 Å². The summed E-state index contributed by atoms with van der Waals surface area (Å²) in [5.74, 6) is 1.87. The van der Waals surface area contributed by atoms with Crippen molar-refractivity contribution in [3.05, 3.63) is 70.8 Å². The second kappa shape index (κ2) is 6.87. The van der Waals surface area contributed by atoms with Crippen LogP contribution in [0.4, 0.5) is 0 Å². The lowest BCUT2D eigenvalue weighted by Crippen LogP contribution is -2.06. The minimum atomic E-state index is 0.846. The fourth-order valence-corrected chi connectivity index (χ4v) is 3.22. The van der Waals surface area contributed by atoms with Gasteiger partial charge in [0.2, 0.25) is 0 Å². The fourth-order valence-electron chi connectivity index (χ4n) is 3.22. The van der Waals surface area contributed by atoms with E-state index in [2.05, 4.69) is 59.8 Å². The van der Waals surface area contributed by atoms with Gasteiger partial charge in [0, 0.05) is 6.42 Å². The van der Waals surface area contributed by atoms with Crippen molar-refractivity contribution >= 4 is 0 Å². The average molecular weight is 321 g/mol. The molecule has 0 aliphatic rings. The molecule has 0 saturated heterocycles. The molecule has 0 unspecified atom stereocenters. The molecule has 0 bridgehead atoms. The molecule has 0 atom stereocenters. The first-order valence-corrected chi connectivity index (χ1v) is 8.18. The molecular weight excluding hydrogens is 298 g/mol. The lowest BCUT2D eigenvalue weighted by Gasteiger charge is -2.14. The Morgan fingerprint density at radius 3 is 2.25 bits per heavy atom. The van der Waals surface area contributed by atoms with Crippen molar-refractivity contribution in [1.29, 1.82) is 0 Å². The molecule has 0 spiro atoms. The topological polar surface area (TPSA) is 39.9 Å². The summed E-state index contributed by atoms with van der Waals surface area (Å²) in [6, 6.07) is 12.6. The van der Waals surface area contributed by atoms with Crippen molar-refractivity contribution in [1.82, 2.24) is 14.8 Å². The van der Waals surface area contributed by atoms with Crippen molar-refractivity contribution in [3.8, 4) is 11.4 Å². The van der Waals surface area contributed by atoms with Crippen LogP contribution >= 0.6 is 0 Å². The molecule has 1 aromatic heterocycles. The second-order valence-electron chi connectivity index (χ2n) is 6.21. The van der Waals surface area contributed by atoms with Crippen LogP contribution in [-0.4, -0.2) is 21.9 Å². The van der Waals surface area contributed by atoms with Crippen molar-refractivity contribution < 1.29 is 4.74 Å². The first-order chi connectivity index (χ1) is 11.6. The van der Waals surface area contributed by atoms with Gasteiger partial charge in [-0.1, -0.05) is 29.8 Å². The number of ether oxygens (including phenoxy) is 1. The highest BCUT2D eigenvalue weighted by molar-refractivity contribution is 5.49. The molecule has 0 aliphatic heterocycles. The van der Waals surface area contributed by atoms with Gasteiger partial charge in [0.25, 0.3) is 0 Å². The number of methoxy groups -OCH3 is 1. The summed E-state index contributed by atoms with van der Waals surface area (Å²) in [6.45, 7) is 6.41. The molecule has 0 aliphatic carbocycles. The summed E-state index contributed by atoms with van der Waals surface area (Å²) in [4.78, 5) is 0. The molecule has 0 amide bonds. The van der Waals surface area contributed by atoms with Crippen LogP contribution in [0.3, 0.4) is 0 Å². The Labute approximate surface area is 143 Å². The van der Waals surface area contributed by atoms with E-state index in [0.717, 1.165) is 24.4 Å². The normalized spacial score (nSPS) is 10.8. The van der Waals surface area contributed by atoms with Gasteiger partial charge in [-0.15, -0.1) is 10.2 Å². The van der Waals surface area contributed by atoms with Crippen LogP contribution < -0.4 is 4.74 Å². The molecule has 1 heterocycles. The van der Waals surface area contributed by atoms with Crippen LogP contribution in [-0.2, 0) is 12.8 Å². The van der Waals surface area contributed by atoms with Crippen molar-refractivity contribution in [2.24, 2.45) is 0 Å². The number of benzene rings is 2. The Hall–Kier alpha value is -2.62. The van der Waals surface area contributed by atoms with E-state index in [4.69, 9.17) is 4.74 Å². The number of aryl methyl sites for hydroxylation is 5. The summed E-state index contributed by atoms with van der Waals surface area (Å²) in [5, 5.41) is 8.47. The van der Waals surface area contributed by atoms with E-state index in [0.29, 0.717) is 0 Å². The maximum Gasteiger partial charge on any atom is 0.137 e. The molecule has 24 heavy (non-hydrogen) atoms. The maximum atomic E-state index is 5.21. The lowest BCUT2D eigenvalue weighted by atomic mass is 10.0. The summed E-state index contributed by atoms with van der Waals surface area (Å²) in [5.41, 5.74) is 6.23. The minimum Gasteiger partial charge on any atom is -0.497 e. The predicted molar refractivity (Wildman–Crippen MR) is 96.0 cm³/mol. The second-order valence-corrected chi connectivity index (χ2v) is 6.21. The van der Waals surface area contributed by atoms with Gasteiger partial charge in [-0.05, 0) is 56.0 Å². The Morgan fingerprint density at radius 2 is 1.62 bits per heavy atom. The third kappa shape index (κ3) is 3.32. The smallest absolute Gasteiger partial charge is 0.137 e. The number of hydrogen-bond acceptors (Lipinski definition) is 3. The number of hydrogen-bond donors (Lipinski definition) is 0. The summed E-state index contributed by atoms with van der Waals surface area (Å²) in [6.07, 6.45) is 3.58. The van der Waals surface area contributed by atoms with Crippen LogP contribution in [0.25, 0.3) is 5.69 Å². The first kappa shape index (κ1) is 16.2. The molecular formula is C20H23N3O. The van der Waals surface area contributed by atoms with Crippen molar-refractivity contribution in [3.63, 3.8) is 0 Å². The fraction of sp³-hybridized carbons (Fsp3) is 0.300. The largest absolute Gasteiger partial charge is 0.497 e. The monoisotopic (exact) mass is 321 g/mol. The lowest BCUT2D eigenvalue weighted by molar-refractivity contribution is 0.414. The van der Waals surface area contributed by atoms with Crippen molar-refractivity contribution in [2.75, 3.05) is 7.11 Å². The number of nitrogens with zero attached hydrogens (tertiary/aromatic N) is 3. The van der Waals surface area contributed by atoms with Gasteiger partial charge in [0.05, 0.1) is 12.8 Å². The molecule has 0 saturated carbocycles. The molecule has 0 N–H and O–H groups in total. The third-order valence-corrected chi connectivity index (χ3v) is 4.29. The van der Waals surface area contributed by atoms with E-state index in [1.54, 1.807) is 7.11 Å². The van der Waals surface area contributed by atoms with E-state index in [-0.39, 0.29) is 0 Å². The standard InChI is InChI=1S/C20H23N3O/c1-14-11-15(2)20(16(3)12-14)23-13-21-22-19(23)10-7-17-5-8-18(24-4)9-6-17/h5-6,8-9,11-13H,7,10H2,1-4H3. The molecule has 4 heteroatoms. The molecule has 0 radical (unpaired) electrons. The summed E-state index contributed by atoms with van der Waals surface area (Å²) < 4.78 is 7.32. The Morgan fingerprint density at radius 1 is 0.958 bits per heavy atom. The van der Waals surface area contributed by atoms with E-state index in [1.807, 2.05) is 18.5 Å². The van der Waals surface area contributed by atoms with Crippen molar-refractivity contribution in [2.45, 2.75) is 33.6 Å². The number of aromatic nitrogens is 3. The van der Waals surface area contributed by atoms with Crippen LogP contribution in [0.1, 0.15) is 28.1 Å². The van der Waals surface area contributed by atoms with Gasteiger partial charge < -0.3 is 4.74 Å². The maximum absolute atomic E-state index is 5.21. The SMILES string of the molecule is COc1ccc(CCc2nncn2-c2c(C)cc(C)cc2C)cc1. The van der Waals surface area contributed by atoms with E-state index < -0.39 is 0 Å². The Balaban J connectivity index is 1.83. The summed E-state index contributed by atoms with van der Waals surface area (Å²) >= 11 is 0. The van der Waals surface area contributed by atoms with Crippen LogP contribution in [0, 0.1) is 20.8 Å². The van der Waals surface area contributed by atoms with Gasteiger partial charge in [-0.3, -0.25) is 4.57 Å². The highest BCUT2D eigenvalue weighted by Gasteiger charge is 2.12. The van der Waals surface area contributed by atoms with Gasteiger partial charge in [0.15, 0.2) is 0 Å². The van der Waals surface area contributed by atoms with Crippen LogP contribution in [0.2, 0.25) is 0 Å². The third-order valence-electron chi connectivity index (χ3n) is 4.29. The molecule has 3 rings (SSSR count). The molecule has 124 valence electrons. The van der Waals surface area contributed by atoms with E-state index >= 15 is 0 Å². The zero-order chi connectivity index (χ0) is 17.1. The van der Waals surface area contributed by atoms with Crippen LogP contribution in [0.15, 0.2) is 42.7 Å². The highest BCUT2D eigenvalue weighted by atomic mass is 16.5. The highest BCUT2D eigenvalue weighted by Crippen LogP contribution is 2.22. The minimum absolute atomic E-state index is 0.846. The zero-order valence-corrected chi connectivity index (χ0v) is 14.7. The molecule has 4 nitrogen and oxygen atoms in total. The number of rotatable bonds is 5. The van der Waals surface area contributed by atoms with Gasteiger partial charge in [-0.25, -0.2) is 0 Å². The van der Waals surface area contributed by atoms with Gasteiger partial charge in [0.1, 0.15) is 17.9 Å². The molecule has 0 fully saturated rings. The zero-order valence-electron chi connectivity index (χ0n) is 14.7. The Kier molecular flexibility index (Phi) is 4.65. The van der Waals surface area contributed by atoms with Gasteiger partial charge in [-0.2, -0.15) is 0 Å². The average Bonchev–Trinajstić information content (AvgIpc) is 3.00. The van der Waals surface area contributed by atoms with E-state index in [1.165, 1.54) is 27.9 Å². The van der Waals surface area contributed by atoms with E-state index in [9.17, 15) is 0 Å². The first-order valence-electron chi connectivity index (χ1n) is 8.18. The predicted octanol–water partition coefficient (Wildman–Crippen LogP) is 3.99. The summed E-state index contributed by atoms with van der Waals surface area (Å²) in [7, 11) is 1.68. The molecule has 2 aromatic carbocycles. The quantitative estimate of drug-likeness (QED) is 0.713. The van der Waals surface area contributed by atoms with Crippen LogP contribution in [0.5, 0.6) is 5.75 Å². The Bertz CT molecular complexity index is 811. The molecule has 3 aromatic rings.